The molecule has 120 valence electrons. The molecule has 3 rings (SSSR count). The minimum Gasteiger partial charge on any atom is -0.367 e. The molecule has 0 aliphatic carbocycles. The van der Waals surface area contributed by atoms with E-state index < -0.39 is 0 Å². The summed E-state index contributed by atoms with van der Waals surface area (Å²) in [5, 5.41) is 0.665. The van der Waals surface area contributed by atoms with Crippen LogP contribution >= 0.6 is 11.6 Å². The van der Waals surface area contributed by atoms with Gasteiger partial charge in [0.1, 0.15) is 0 Å². The summed E-state index contributed by atoms with van der Waals surface area (Å²) in [6, 6.07) is 9.08. The van der Waals surface area contributed by atoms with Crippen LogP contribution in [0.3, 0.4) is 0 Å². The first-order valence-electron chi connectivity index (χ1n) is 7.58. The van der Waals surface area contributed by atoms with Gasteiger partial charge in [-0.05, 0) is 23.8 Å². The molecule has 1 aliphatic rings. The normalized spacial score (nSPS) is 14.8. The maximum Gasteiger partial charge on any atom is 0.255 e. The van der Waals surface area contributed by atoms with Crippen LogP contribution in [0.25, 0.3) is 0 Å². The molecule has 0 bridgehead atoms. The third-order valence-corrected chi connectivity index (χ3v) is 4.29. The second kappa shape index (κ2) is 6.87. The summed E-state index contributed by atoms with van der Waals surface area (Å²) in [5.41, 5.74) is 1.61. The number of rotatable bonds is 3. The fraction of sp³-hybridized carbons (Fsp3) is 0.294. The minimum absolute atomic E-state index is 0.0102. The van der Waals surface area contributed by atoms with E-state index in [1.807, 2.05) is 17.0 Å². The highest BCUT2D eigenvalue weighted by Gasteiger charge is 2.24. The lowest BCUT2D eigenvalue weighted by Crippen LogP contribution is -2.50. The molecule has 1 N–H and O–H groups in total. The van der Waals surface area contributed by atoms with Gasteiger partial charge in [0, 0.05) is 43.6 Å². The molecule has 23 heavy (non-hydrogen) atoms. The van der Waals surface area contributed by atoms with Crippen LogP contribution in [0.1, 0.15) is 15.9 Å². The van der Waals surface area contributed by atoms with Gasteiger partial charge in [-0.15, -0.1) is 0 Å². The summed E-state index contributed by atoms with van der Waals surface area (Å²) in [6.07, 6.45) is 3.79. The molecule has 5 nitrogen and oxygen atoms in total. The molecule has 6 heteroatoms. The Morgan fingerprint density at radius 3 is 2.26 bits per heavy atom. The zero-order valence-corrected chi connectivity index (χ0v) is 13.4. The number of nitrogens with one attached hydrogen (secondary N) is 1. The molecule has 1 aliphatic heterocycles. The fourth-order valence-corrected chi connectivity index (χ4v) is 2.81. The maximum absolute atomic E-state index is 12.3. The number of amides is 2. The summed E-state index contributed by atoms with van der Waals surface area (Å²) < 4.78 is 0. The van der Waals surface area contributed by atoms with Crippen LogP contribution in [-0.2, 0) is 11.2 Å². The highest BCUT2D eigenvalue weighted by molar-refractivity contribution is 6.30. The van der Waals surface area contributed by atoms with Crippen LogP contribution < -0.4 is 0 Å². The van der Waals surface area contributed by atoms with Crippen molar-refractivity contribution >= 4 is 23.4 Å². The lowest BCUT2D eigenvalue weighted by atomic mass is 10.1. The van der Waals surface area contributed by atoms with E-state index in [-0.39, 0.29) is 11.8 Å². The van der Waals surface area contributed by atoms with E-state index in [0.29, 0.717) is 43.2 Å². The van der Waals surface area contributed by atoms with Crippen LogP contribution in [0.2, 0.25) is 5.02 Å². The lowest BCUT2D eigenvalue weighted by Gasteiger charge is -2.34. The molecule has 1 aromatic carbocycles. The van der Waals surface area contributed by atoms with E-state index in [2.05, 4.69) is 4.98 Å². The Morgan fingerprint density at radius 1 is 1.00 bits per heavy atom. The van der Waals surface area contributed by atoms with Crippen molar-refractivity contribution in [3.63, 3.8) is 0 Å². The largest absolute Gasteiger partial charge is 0.367 e. The van der Waals surface area contributed by atoms with Crippen molar-refractivity contribution in [2.45, 2.75) is 6.42 Å². The van der Waals surface area contributed by atoms with Crippen molar-refractivity contribution < 1.29 is 9.59 Å². The monoisotopic (exact) mass is 331 g/mol. The zero-order valence-electron chi connectivity index (χ0n) is 12.7. The van der Waals surface area contributed by atoms with Crippen LogP contribution in [0, 0.1) is 0 Å². The number of H-pyrrole nitrogens is 1. The molecule has 2 heterocycles. The van der Waals surface area contributed by atoms with Gasteiger partial charge in [0.25, 0.3) is 5.91 Å². The minimum atomic E-state index is 0.0102. The van der Waals surface area contributed by atoms with Gasteiger partial charge in [0.15, 0.2) is 0 Å². The van der Waals surface area contributed by atoms with Gasteiger partial charge in [0.05, 0.1) is 12.0 Å². The van der Waals surface area contributed by atoms with Crippen molar-refractivity contribution in [1.82, 2.24) is 14.8 Å². The predicted molar refractivity (Wildman–Crippen MR) is 88.4 cm³/mol. The van der Waals surface area contributed by atoms with Crippen molar-refractivity contribution in [3.8, 4) is 0 Å². The molecule has 1 saturated heterocycles. The number of aromatic nitrogens is 1. The van der Waals surface area contributed by atoms with Gasteiger partial charge in [-0.25, -0.2) is 0 Å². The fourth-order valence-electron chi connectivity index (χ4n) is 2.69. The number of carbonyl (C=O) groups is 2. The molecule has 0 spiro atoms. The molecule has 0 saturated carbocycles. The Kier molecular flexibility index (Phi) is 4.67. The summed E-state index contributed by atoms with van der Waals surface area (Å²) >= 11 is 5.85. The number of nitrogens with zero attached hydrogens (tertiary/aromatic N) is 2. The van der Waals surface area contributed by atoms with Gasteiger partial charge in [-0.1, -0.05) is 23.7 Å². The highest BCUT2D eigenvalue weighted by Crippen LogP contribution is 2.13. The first-order chi connectivity index (χ1) is 11.1. The maximum atomic E-state index is 12.3. The zero-order chi connectivity index (χ0) is 16.2. The number of hydrogen-bond donors (Lipinski definition) is 1. The number of aromatic amines is 1. The topological polar surface area (TPSA) is 56.4 Å². The second-order valence-electron chi connectivity index (χ2n) is 5.58. The third-order valence-electron chi connectivity index (χ3n) is 4.03. The van der Waals surface area contributed by atoms with Gasteiger partial charge in [-0.3, -0.25) is 9.59 Å². The predicted octanol–water partition coefficient (Wildman–Crippen LogP) is 2.20. The Morgan fingerprint density at radius 2 is 1.65 bits per heavy atom. The van der Waals surface area contributed by atoms with Crippen molar-refractivity contribution in [2.24, 2.45) is 0 Å². The molecule has 0 unspecified atom stereocenters. The van der Waals surface area contributed by atoms with E-state index in [1.165, 1.54) is 0 Å². The van der Waals surface area contributed by atoms with Gasteiger partial charge >= 0.3 is 0 Å². The van der Waals surface area contributed by atoms with E-state index in [9.17, 15) is 9.59 Å². The van der Waals surface area contributed by atoms with Crippen molar-refractivity contribution in [1.29, 1.82) is 0 Å². The van der Waals surface area contributed by atoms with Crippen LogP contribution in [0.5, 0.6) is 0 Å². The SMILES string of the molecule is O=C(Cc1ccc(Cl)cc1)N1CCN(C(=O)c2cc[nH]c2)CC1. The standard InChI is InChI=1S/C17H18ClN3O2/c18-15-3-1-13(2-4-15)11-16(22)20-7-9-21(10-8-20)17(23)14-5-6-19-12-14/h1-6,12,19H,7-11H2. The molecule has 1 aromatic heterocycles. The number of piperazine rings is 1. The second-order valence-corrected chi connectivity index (χ2v) is 6.01. The third kappa shape index (κ3) is 3.74. The Balaban J connectivity index is 1.53. The highest BCUT2D eigenvalue weighted by atomic mass is 35.5. The smallest absolute Gasteiger partial charge is 0.255 e. The molecule has 1 fully saturated rings. The number of hydrogen-bond acceptors (Lipinski definition) is 2. The summed E-state index contributed by atoms with van der Waals surface area (Å²) in [7, 11) is 0. The van der Waals surface area contributed by atoms with Gasteiger partial charge in [0.2, 0.25) is 5.91 Å². The number of halogens is 1. The Hall–Kier alpha value is -2.27. The van der Waals surface area contributed by atoms with Gasteiger partial charge in [-0.2, -0.15) is 0 Å². The summed E-state index contributed by atoms with van der Waals surface area (Å²) in [6.45, 7) is 2.28. The quantitative estimate of drug-likeness (QED) is 0.937. The molecular formula is C17H18ClN3O2. The Labute approximate surface area is 139 Å². The van der Waals surface area contributed by atoms with E-state index >= 15 is 0 Å². The average Bonchev–Trinajstić information content (AvgIpc) is 3.11. The van der Waals surface area contributed by atoms with E-state index in [1.54, 1.807) is 35.5 Å². The van der Waals surface area contributed by atoms with E-state index in [0.717, 1.165) is 5.56 Å². The van der Waals surface area contributed by atoms with Crippen molar-refractivity contribution in [2.75, 3.05) is 26.2 Å². The van der Waals surface area contributed by atoms with Crippen molar-refractivity contribution in [3.05, 3.63) is 58.9 Å². The van der Waals surface area contributed by atoms with Gasteiger partial charge < -0.3 is 14.8 Å². The van der Waals surface area contributed by atoms with Crippen LogP contribution in [-0.4, -0.2) is 52.8 Å². The molecule has 2 amide bonds. The number of carbonyl (C=O) groups excluding carboxylic acids is 2. The van der Waals surface area contributed by atoms with Crippen LogP contribution in [0.15, 0.2) is 42.7 Å². The first-order valence-corrected chi connectivity index (χ1v) is 7.95. The molecule has 2 aromatic rings. The first kappa shape index (κ1) is 15.6. The number of benzene rings is 1. The molecule has 0 atom stereocenters. The molecular weight excluding hydrogens is 314 g/mol. The van der Waals surface area contributed by atoms with Crippen LogP contribution in [0.4, 0.5) is 0 Å². The lowest BCUT2D eigenvalue weighted by molar-refractivity contribution is -0.131. The summed E-state index contributed by atoms with van der Waals surface area (Å²) in [4.78, 5) is 31.1. The summed E-state index contributed by atoms with van der Waals surface area (Å²) in [5.74, 6) is 0.0946. The molecule has 0 radical (unpaired) electrons. The van der Waals surface area contributed by atoms with E-state index in [4.69, 9.17) is 11.6 Å². The Bertz CT molecular complexity index is 674. The average molecular weight is 332 g/mol.